The summed E-state index contributed by atoms with van der Waals surface area (Å²) in [5.74, 6) is 0. The molecule has 0 radical (unpaired) electrons. The van der Waals surface area contributed by atoms with Crippen molar-refractivity contribution in [1.82, 2.24) is 9.55 Å². The van der Waals surface area contributed by atoms with Crippen LogP contribution in [-0.4, -0.2) is 19.7 Å². The van der Waals surface area contributed by atoms with Crippen molar-refractivity contribution in [2.45, 2.75) is 11.4 Å². The molecule has 0 bridgehead atoms. The summed E-state index contributed by atoms with van der Waals surface area (Å²) in [6.07, 6.45) is 1.48. The van der Waals surface area contributed by atoms with Crippen LogP contribution in [0.2, 0.25) is 0 Å². The molecule has 0 aliphatic carbocycles. The van der Waals surface area contributed by atoms with Gasteiger partial charge in [-0.25, -0.2) is 4.79 Å². The van der Waals surface area contributed by atoms with Crippen LogP contribution in [0.1, 0.15) is 0 Å². The third-order valence-electron chi connectivity index (χ3n) is 1.46. The topological polar surface area (TPSA) is 54.9 Å². The minimum Gasteiger partial charge on any atom is -0.299 e. The third-order valence-corrected chi connectivity index (χ3v) is 3.72. The number of rotatable bonds is 3. The van der Waals surface area contributed by atoms with Gasteiger partial charge >= 0.3 is 5.69 Å². The number of nitrogens with zero attached hydrogens (tertiary/aromatic N) is 1. The van der Waals surface area contributed by atoms with E-state index in [9.17, 15) is 9.59 Å². The predicted molar refractivity (Wildman–Crippen MR) is 57.8 cm³/mol. The Hall–Kier alpha value is -0.360. The fourth-order valence-corrected chi connectivity index (χ4v) is 1.37. The molecule has 0 aromatic carbocycles. The van der Waals surface area contributed by atoms with Crippen LogP contribution in [0.15, 0.2) is 21.9 Å². The van der Waals surface area contributed by atoms with Crippen molar-refractivity contribution < 1.29 is 0 Å². The Morgan fingerprint density at radius 1 is 1.54 bits per heavy atom. The molecule has 6 heteroatoms. The smallest absolute Gasteiger partial charge is 0.299 e. The number of aromatic amines is 1. The normalized spacial score (nSPS) is 12.8. The van der Waals surface area contributed by atoms with E-state index < -0.39 is 0 Å². The molecule has 1 aromatic heterocycles. The van der Waals surface area contributed by atoms with E-state index in [1.54, 1.807) is 0 Å². The zero-order chi connectivity index (χ0) is 9.84. The van der Waals surface area contributed by atoms with Crippen LogP contribution in [0.5, 0.6) is 0 Å². The second kappa shape index (κ2) is 4.76. The van der Waals surface area contributed by atoms with Crippen molar-refractivity contribution in [3.63, 3.8) is 0 Å². The molecule has 1 aromatic rings. The molecular weight excluding hydrogens is 304 g/mol. The minimum absolute atomic E-state index is 0.177. The van der Waals surface area contributed by atoms with Gasteiger partial charge in [-0.1, -0.05) is 31.9 Å². The summed E-state index contributed by atoms with van der Waals surface area (Å²) in [5.41, 5.74) is -0.746. The maximum absolute atomic E-state index is 11.2. The summed E-state index contributed by atoms with van der Waals surface area (Å²) >= 11 is 6.64. The number of hydrogen-bond acceptors (Lipinski definition) is 2. The number of halogens is 2. The maximum atomic E-state index is 11.2. The second-order valence-electron chi connectivity index (χ2n) is 2.51. The van der Waals surface area contributed by atoms with Gasteiger partial charge in [0.05, 0.1) is 0 Å². The van der Waals surface area contributed by atoms with Gasteiger partial charge in [-0.2, -0.15) is 0 Å². The molecule has 0 fully saturated rings. The van der Waals surface area contributed by atoms with Crippen LogP contribution in [0, 0.1) is 0 Å². The van der Waals surface area contributed by atoms with Crippen LogP contribution in [-0.2, 0) is 6.54 Å². The molecule has 1 rings (SSSR count). The third kappa shape index (κ3) is 3.11. The Labute approximate surface area is 91.2 Å². The highest BCUT2D eigenvalue weighted by atomic mass is 79.9. The molecule has 0 saturated carbocycles. The zero-order valence-corrected chi connectivity index (χ0v) is 9.84. The Bertz CT molecular complexity index is 385. The molecule has 1 atom stereocenters. The fourth-order valence-electron chi connectivity index (χ4n) is 0.850. The Morgan fingerprint density at radius 2 is 2.23 bits per heavy atom. The molecule has 0 amide bonds. The first-order valence-electron chi connectivity index (χ1n) is 3.63. The number of alkyl halides is 2. The van der Waals surface area contributed by atoms with E-state index in [-0.39, 0.29) is 16.1 Å². The lowest BCUT2D eigenvalue weighted by Gasteiger charge is -2.07. The monoisotopic (exact) mass is 310 g/mol. The van der Waals surface area contributed by atoms with Gasteiger partial charge in [0.15, 0.2) is 0 Å². The zero-order valence-electron chi connectivity index (χ0n) is 6.67. The molecule has 0 aliphatic rings. The molecule has 0 aliphatic heterocycles. The molecule has 1 heterocycles. The molecule has 4 nitrogen and oxygen atoms in total. The van der Waals surface area contributed by atoms with Crippen molar-refractivity contribution in [3.05, 3.63) is 33.1 Å². The quantitative estimate of drug-likeness (QED) is 0.835. The van der Waals surface area contributed by atoms with Gasteiger partial charge in [0.2, 0.25) is 0 Å². The fraction of sp³-hybridized carbons (Fsp3) is 0.429. The predicted octanol–water partition coefficient (Wildman–Crippen LogP) is 0.695. The van der Waals surface area contributed by atoms with E-state index in [1.807, 2.05) is 0 Å². The van der Waals surface area contributed by atoms with Gasteiger partial charge in [0.25, 0.3) is 5.56 Å². The van der Waals surface area contributed by atoms with Crippen molar-refractivity contribution in [2.75, 3.05) is 5.33 Å². The van der Waals surface area contributed by atoms with E-state index in [0.29, 0.717) is 6.54 Å². The number of hydrogen-bond donors (Lipinski definition) is 1. The average molecular weight is 312 g/mol. The van der Waals surface area contributed by atoms with E-state index in [0.717, 1.165) is 5.33 Å². The van der Waals surface area contributed by atoms with Crippen LogP contribution < -0.4 is 11.2 Å². The van der Waals surface area contributed by atoms with Gasteiger partial charge in [-0.15, -0.1) is 0 Å². The molecular formula is C7H8Br2N2O2. The molecule has 1 unspecified atom stereocenters. The largest absolute Gasteiger partial charge is 0.328 e. The highest BCUT2D eigenvalue weighted by molar-refractivity contribution is 9.12. The van der Waals surface area contributed by atoms with Crippen molar-refractivity contribution in [1.29, 1.82) is 0 Å². The summed E-state index contributed by atoms with van der Waals surface area (Å²) in [6.45, 7) is 0.529. The summed E-state index contributed by atoms with van der Waals surface area (Å²) in [5, 5.41) is 0.749. The van der Waals surface area contributed by atoms with Gasteiger partial charge in [0, 0.05) is 29.0 Å². The lowest BCUT2D eigenvalue weighted by molar-refractivity contribution is 0.652. The maximum Gasteiger partial charge on any atom is 0.328 e. The Morgan fingerprint density at radius 3 is 2.77 bits per heavy atom. The lowest BCUT2D eigenvalue weighted by Crippen LogP contribution is -2.31. The lowest BCUT2D eigenvalue weighted by atomic mass is 10.4. The standard InChI is InChI=1S/C7H8Br2N2O2/c8-3-5(9)4-11-2-1-6(12)10-7(11)13/h1-2,5H,3-4H2,(H,10,12,13). The first kappa shape index (κ1) is 10.7. The minimum atomic E-state index is -0.377. The SMILES string of the molecule is O=c1ccn(CC(Br)CBr)c(=O)[nH]1. The van der Waals surface area contributed by atoms with E-state index in [1.165, 1.54) is 16.8 Å². The molecule has 0 spiro atoms. The summed E-state index contributed by atoms with van der Waals surface area (Å²) < 4.78 is 1.45. The van der Waals surface area contributed by atoms with Crippen LogP contribution >= 0.6 is 31.9 Å². The number of H-pyrrole nitrogens is 1. The molecule has 72 valence electrons. The highest BCUT2D eigenvalue weighted by Crippen LogP contribution is 2.04. The van der Waals surface area contributed by atoms with Crippen molar-refractivity contribution in [3.8, 4) is 0 Å². The summed E-state index contributed by atoms with van der Waals surface area (Å²) in [4.78, 5) is 24.2. The van der Waals surface area contributed by atoms with Gasteiger partial charge in [-0.3, -0.25) is 14.3 Å². The van der Waals surface area contributed by atoms with Gasteiger partial charge < -0.3 is 0 Å². The molecule has 1 N–H and O–H groups in total. The van der Waals surface area contributed by atoms with Crippen LogP contribution in [0.25, 0.3) is 0 Å². The van der Waals surface area contributed by atoms with Gasteiger partial charge in [-0.05, 0) is 0 Å². The van der Waals surface area contributed by atoms with Crippen molar-refractivity contribution in [2.24, 2.45) is 0 Å². The second-order valence-corrected chi connectivity index (χ2v) is 4.46. The summed E-state index contributed by atoms with van der Waals surface area (Å²) in [6, 6.07) is 1.33. The highest BCUT2D eigenvalue weighted by Gasteiger charge is 2.03. The average Bonchev–Trinajstić information content (AvgIpc) is 2.09. The molecule has 0 saturated heterocycles. The van der Waals surface area contributed by atoms with Gasteiger partial charge in [0.1, 0.15) is 0 Å². The van der Waals surface area contributed by atoms with Crippen molar-refractivity contribution >= 4 is 31.9 Å². The van der Waals surface area contributed by atoms with Crippen LogP contribution in [0.3, 0.4) is 0 Å². The van der Waals surface area contributed by atoms with E-state index >= 15 is 0 Å². The number of aromatic nitrogens is 2. The van der Waals surface area contributed by atoms with E-state index in [4.69, 9.17) is 0 Å². The molecule has 13 heavy (non-hydrogen) atoms. The number of nitrogens with one attached hydrogen (secondary N) is 1. The first-order valence-corrected chi connectivity index (χ1v) is 5.67. The first-order chi connectivity index (χ1) is 6.13. The van der Waals surface area contributed by atoms with E-state index in [2.05, 4.69) is 36.8 Å². The Balaban J connectivity index is 2.90. The Kier molecular flexibility index (Phi) is 3.92. The van der Waals surface area contributed by atoms with Crippen LogP contribution in [0.4, 0.5) is 0 Å². The summed E-state index contributed by atoms with van der Waals surface area (Å²) in [7, 11) is 0.